The molecule has 0 saturated heterocycles. The number of aromatic nitrogens is 2. The summed E-state index contributed by atoms with van der Waals surface area (Å²) in [6.45, 7) is 1.47. The van der Waals surface area contributed by atoms with Crippen LogP contribution in [0.5, 0.6) is 0 Å². The van der Waals surface area contributed by atoms with Gasteiger partial charge in [-0.2, -0.15) is 0 Å². The fourth-order valence-corrected chi connectivity index (χ4v) is 2.30. The number of nitrogens with zero attached hydrogens (tertiary/aromatic N) is 1. The van der Waals surface area contributed by atoms with Crippen LogP contribution in [0.3, 0.4) is 0 Å². The van der Waals surface area contributed by atoms with Crippen molar-refractivity contribution in [2.75, 3.05) is 6.54 Å². The van der Waals surface area contributed by atoms with Crippen molar-refractivity contribution in [1.29, 1.82) is 0 Å². The molecule has 3 unspecified atom stereocenters. The van der Waals surface area contributed by atoms with Gasteiger partial charge in [-0.1, -0.05) is 0 Å². The molecular formula is C16H25N7O6. The van der Waals surface area contributed by atoms with E-state index >= 15 is 0 Å². The van der Waals surface area contributed by atoms with Gasteiger partial charge in [0.05, 0.1) is 18.4 Å². The molecular weight excluding hydrogens is 386 g/mol. The van der Waals surface area contributed by atoms with Gasteiger partial charge in [0.15, 0.2) is 0 Å². The van der Waals surface area contributed by atoms with Crippen molar-refractivity contribution in [1.82, 2.24) is 25.9 Å². The zero-order valence-corrected chi connectivity index (χ0v) is 15.8. The Bertz CT molecular complexity index is 736. The number of rotatable bonds is 12. The van der Waals surface area contributed by atoms with Crippen LogP contribution in [0.2, 0.25) is 0 Å². The second-order valence-corrected chi connectivity index (χ2v) is 6.22. The number of carbonyl (C=O) groups is 5. The highest BCUT2D eigenvalue weighted by Crippen LogP contribution is 2.02. The van der Waals surface area contributed by atoms with Crippen LogP contribution in [0.15, 0.2) is 12.5 Å². The summed E-state index contributed by atoms with van der Waals surface area (Å²) in [5.74, 6) is -4.34. The predicted octanol–water partition coefficient (Wildman–Crippen LogP) is -3.26. The fraction of sp³-hybridized carbons (Fsp3) is 0.500. The lowest BCUT2D eigenvalue weighted by Gasteiger charge is -2.22. The lowest BCUT2D eigenvalue weighted by Crippen LogP contribution is -2.56. The molecule has 0 spiro atoms. The molecule has 4 amide bonds. The van der Waals surface area contributed by atoms with Crippen molar-refractivity contribution in [2.45, 2.75) is 44.3 Å². The van der Waals surface area contributed by atoms with Gasteiger partial charge in [0.2, 0.25) is 23.6 Å². The smallest absolute Gasteiger partial charge is 0.326 e. The molecule has 29 heavy (non-hydrogen) atoms. The number of imidazole rings is 1. The van der Waals surface area contributed by atoms with Gasteiger partial charge in [0.1, 0.15) is 18.1 Å². The van der Waals surface area contributed by atoms with Crippen molar-refractivity contribution in [3.05, 3.63) is 18.2 Å². The first-order valence-corrected chi connectivity index (χ1v) is 8.73. The number of carboxylic acids is 1. The molecule has 160 valence electrons. The highest BCUT2D eigenvalue weighted by Gasteiger charge is 2.29. The number of carboxylic acid groups (broad SMARTS) is 1. The van der Waals surface area contributed by atoms with Crippen LogP contribution < -0.4 is 27.4 Å². The molecule has 13 nitrogen and oxygen atoms in total. The van der Waals surface area contributed by atoms with Gasteiger partial charge in [0.25, 0.3) is 0 Å². The maximum Gasteiger partial charge on any atom is 0.326 e. The molecule has 0 saturated carbocycles. The second-order valence-electron chi connectivity index (χ2n) is 6.22. The highest BCUT2D eigenvalue weighted by atomic mass is 16.4. The lowest BCUT2D eigenvalue weighted by molar-refractivity contribution is -0.142. The maximum atomic E-state index is 12.5. The normalized spacial score (nSPS) is 13.6. The van der Waals surface area contributed by atoms with Crippen LogP contribution in [0.1, 0.15) is 25.5 Å². The van der Waals surface area contributed by atoms with E-state index in [2.05, 4.69) is 25.9 Å². The van der Waals surface area contributed by atoms with E-state index < -0.39 is 54.1 Å². The number of carbonyl (C=O) groups excluding carboxylic acids is 4. The average molecular weight is 411 g/mol. The van der Waals surface area contributed by atoms with Crippen molar-refractivity contribution >= 4 is 29.6 Å². The van der Waals surface area contributed by atoms with Crippen molar-refractivity contribution in [3.8, 4) is 0 Å². The molecule has 1 rings (SSSR count). The molecule has 13 heteroatoms. The lowest BCUT2D eigenvalue weighted by atomic mass is 10.1. The second kappa shape index (κ2) is 11.4. The van der Waals surface area contributed by atoms with Crippen LogP contribution in [0.4, 0.5) is 0 Å². The molecule has 0 bridgehead atoms. The number of H-pyrrole nitrogens is 1. The third-order valence-electron chi connectivity index (χ3n) is 3.76. The maximum absolute atomic E-state index is 12.5. The van der Waals surface area contributed by atoms with Gasteiger partial charge >= 0.3 is 5.97 Å². The molecule has 0 aliphatic rings. The zero-order chi connectivity index (χ0) is 22.0. The van der Waals surface area contributed by atoms with E-state index in [1.54, 1.807) is 0 Å². The van der Waals surface area contributed by atoms with E-state index in [0.29, 0.717) is 5.69 Å². The summed E-state index contributed by atoms with van der Waals surface area (Å²) in [7, 11) is 0. The van der Waals surface area contributed by atoms with Crippen LogP contribution in [0, 0.1) is 0 Å². The summed E-state index contributed by atoms with van der Waals surface area (Å²) in [6, 6.07) is -3.79. The highest BCUT2D eigenvalue weighted by molar-refractivity contribution is 5.95. The van der Waals surface area contributed by atoms with Crippen molar-refractivity contribution in [3.63, 3.8) is 0 Å². The summed E-state index contributed by atoms with van der Waals surface area (Å²) in [5, 5.41) is 16.2. The summed E-state index contributed by atoms with van der Waals surface area (Å²) in [6.07, 6.45) is 2.16. The van der Waals surface area contributed by atoms with Gasteiger partial charge in [-0.3, -0.25) is 19.2 Å². The summed E-state index contributed by atoms with van der Waals surface area (Å²) < 4.78 is 0. The monoisotopic (exact) mass is 411 g/mol. The van der Waals surface area contributed by atoms with E-state index in [1.807, 2.05) is 0 Å². The van der Waals surface area contributed by atoms with Crippen molar-refractivity contribution in [2.24, 2.45) is 11.5 Å². The average Bonchev–Trinajstić information content (AvgIpc) is 3.13. The SMILES string of the molecule is CC(NC(=O)CCN)C(=O)NC(CC(N)=O)C(=O)NC(Cc1c[nH]cn1)C(=O)O. The molecule has 0 aliphatic heterocycles. The van der Waals surface area contributed by atoms with E-state index in [9.17, 15) is 29.1 Å². The van der Waals surface area contributed by atoms with Gasteiger partial charge in [0, 0.05) is 25.6 Å². The Hall–Kier alpha value is -3.48. The Morgan fingerprint density at radius 3 is 2.31 bits per heavy atom. The van der Waals surface area contributed by atoms with E-state index in [4.69, 9.17) is 11.5 Å². The molecule has 1 heterocycles. The largest absolute Gasteiger partial charge is 0.480 e. The van der Waals surface area contributed by atoms with Gasteiger partial charge in [-0.15, -0.1) is 0 Å². The van der Waals surface area contributed by atoms with Gasteiger partial charge < -0.3 is 37.5 Å². The number of aliphatic carboxylic acids is 1. The Kier molecular flexibility index (Phi) is 9.25. The molecule has 0 aliphatic carbocycles. The predicted molar refractivity (Wildman–Crippen MR) is 98.9 cm³/mol. The summed E-state index contributed by atoms with van der Waals surface area (Å²) >= 11 is 0. The minimum atomic E-state index is -1.42. The Morgan fingerprint density at radius 1 is 1.14 bits per heavy atom. The molecule has 1 aromatic heterocycles. The molecule has 0 aromatic carbocycles. The first kappa shape index (κ1) is 23.6. The number of nitrogens with two attached hydrogens (primary N) is 2. The van der Waals surface area contributed by atoms with E-state index in [1.165, 1.54) is 19.4 Å². The van der Waals surface area contributed by atoms with Crippen LogP contribution in [0.25, 0.3) is 0 Å². The Balaban J connectivity index is 2.80. The van der Waals surface area contributed by atoms with Gasteiger partial charge in [-0.25, -0.2) is 9.78 Å². The third-order valence-corrected chi connectivity index (χ3v) is 3.76. The molecule has 3 atom stereocenters. The molecule has 0 fully saturated rings. The topological polar surface area (TPSA) is 222 Å². The molecule has 1 aromatic rings. The number of nitrogens with one attached hydrogen (secondary N) is 4. The number of hydrogen-bond acceptors (Lipinski definition) is 7. The Labute approximate surface area is 166 Å². The minimum absolute atomic E-state index is 0.0102. The zero-order valence-electron chi connectivity index (χ0n) is 15.8. The standard InChI is InChI=1S/C16H25N7O6/c1-8(21-13(25)2-3-17)14(26)22-10(5-12(18)24)15(27)23-11(16(28)29)4-9-6-19-7-20-9/h6-8,10-11H,2-5,17H2,1H3,(H2,18,24)(H,19,20)(H,21,25)(H,22,26)(H,23,27)(H,28,29). The number of aromatic amines is 1. The molecule has 0 radical (unpaired) electrons. The van der Waals surface area contributed by atoms with Crippen molar-refractivity contribution < 1.29 is 29.1 Å². The summed E-state index contributed by atoms with van der Waals surface area (Å²) in [5.41, 5.74) is 10.8. The Morgan fingerprint density at radius 2 is 1.79 bits per heavy atom. The number of amides is 4. The first-order valence-electron chi connectivity index (χ1n) is 8.73. The van der Waals surface area contributed by atoms with Crippen LogP contribution in [-0.4, -0.2) is 69.3 Å². The fourth-order valence-electron chi connectivity index (χ4n) is 2.30. The van der Waals surface area contributed by atoms with E-state index in [-0.39, 0.29) is 19.4 Å². The number of hydrogen-bond donors (Lipinski definition) is 7. The summed E-state index contributed by atoms with van der Waals surface area (Å²) in [4.78, 5) is 65.5. The van der Waals surface area contributed by atoms with Crippen LogP contribution >= 0.6 is 0 Å². The van der Waals surface area contributed by atoms with E-state index in [0.717, 1.165) is 0 Å². The minimum Gasteiger partial charge on any atom is -0.480 e. The quantitative estimate of drug-likeness (QED) is 0.184. The first-order chi connectivity index (χ1) is 13.6. The number of primary amides is 1. The van der Waals surface area contributed by atoms with Crippen LogP contribution in [-0.2, 0) is 30.4 Å². The molecule has 9 N–H and O–H groups in total. The van der Waals surface area contributed by atoms with Gasteiger partial charge in [-0.05, 0) is 6.92 Å². The third kappa shape index (κ3) is 8.38.